The lowest BCUT2D eigenvalue weighted by Crippen LogP contribution is -2.25. The predicted octanol–water partition coefficient (Wildman–Crippen LogP) is 1.56. The van der Waals surface area contributed by atoms with Crippen molar-refractivity contribution in [3.8, 4) is 5.75 Å². The number of aryl methyl sites for hydroxylation is 2. The number of carbonyl (C=O) groups excluding carboxylic acids is 2. The highest BCUT2D eigenvalue weighted by Gasteiger charge is 2.29. The molecule has 0 spiro atoms. The second-order valence-corrected chi connectivity index (χ2v) is 7.62. The van der Waals surface area contributed by atoms with E-state index in [9.17, 15) is 14.0 Å². The number of carbonyl (C=O) groups is 2. The number of aromatic nitrogens is 4. The smallest absolute Gasteiger partial charge is 0.270 e. The number of amides is 2. The zero-order chi connectivity index (χ0) is 24.4. The van der Waals surface area contributed by atoms with Crippen LogP contribution in [0.2, 0.25) is 0 Å². The van der Waals surface area contributed by atoms with Gasteiger partial charge in [0.2, 0.25) is 0 Å². The number of primary amides is 1. The number of nitrogens with zero attached hydrogens (tertiary/aromatic N) is 5. The third-order valence-electron chi connectivity index (χ3n) is 5.20. The minimum absolute atomic E-state index is 0.0945. The summed E-state index contributed by atoms with van der Waals surface area (Å²) in [7, 11) is 3.05. The maximum Gasteiger partial charge on any atom is 0.270 e. The highest BCUT2D eigenvalue weighted by molar-refractivity contribution is 6.02. The van der Waals surface area contributed by atoms with Crippen LogP contribution in [0.5, 0.6) is 5.75 Å². The summed E-state index contributed by atoms with van der Waals surface area (Å²) >= 11 is 0. The van der Waals surface area contributed by atoms with E-state index < -0.39 is 23.7 Å². The van der Waals surface area contributed by atoms with Gasteiger partial charge in [0.05, 0.1) is 18.5 Å². The van der Waals surface area contributed by atoms with Crippen LogP contribution >= 0.6 is 0 Å². The molecule has 1 aliphatic rings. The maximum atomic E-state index is 13.6. The fourth-order valence-electron chi connectivity index (χ4n) is 3.51. The van der Waals surface area contributed by atoms with Crippen molar-refractivity contribution in [3.63, 3.8) is 0 Å². The number of methoxy groups -OCH3 is 1. The first kappa shape index (κ1) is 22.8. The van der Waals surface area contributed by atoms with E-state index in [-0.39, 0.29) is 23.7 Å². The van der Waals surface area contributed by atoms with E-state index >= 15 is 0 Å². The third-order valence-corrected chi connectivity index (χ3v) is 5.20. The summed E-state index contributed by atoms with van der Waals surface area (Å²) in [5.41, 5.74) is 7.84. The average Bonchev–Trinajstić information content (AvgIpc) is 3.44. The van der Waals surface area contributed by atoms with E-state index in [0.717, 1.165) is 0 Å². The Hall–Kier alpha value is -4.35. The molecule has 3 aromatic rings. The molecule has 1 aromatic carbocycles. The Morgan fingerprint density at radius 2 is 2.06 bits per heavy atom. The SMILES string of the molecule is COc1cc(CNC(=O)c2cc(C3=NOC(c4cc(C(N)=O)nn4C)C3)nc(C)n2)ccc1F. The molecule has 0 radical (unpaired) electrons. The van der Waals surface area contributed by atoms with E-state index in [0.29, 0.717) is 34.9 Å². The van der Waals surface area contributed by atoms with E-state index in [4.69, 9.17) is 15.3 Å². The van der Waals surface area contributed by atoms with Gasteiger partial charge in [0.15, 0.2) is 17.7 Å². The van der Waals surface area contributed by atoms with Gasteiger partial charge in [-0.2, -0.15) is 5.10 Å². The van der Waals surface area contributed by atoms with Crippen molar-refractivity contribution in [1.82, 2.24) is 25.1 Å². The number of halogens is 1. The van der Waals surface area contributed by atoms with Crippen LogP contribution in [-0.2, 0) is 18.4 Å². The molecule has 0 aliphatic carbocycles. The first-order chi connectivity index (χ1) is 16.2. The average molecular weight is 467 g/mol. The fraction of sp³-hybridized carbons (Fsp3) is 0.273. The van der Waals surface area contributed by atoms with Gasteiger partial charge in [0, 0.05) is 20.0 Å². The molecule has 0 saturated carbocycles. The minimum atomic E-state index is -0.637. The van der Waals surface area contributed by atoms with Gasteiger partial charge < -0.3 is 20.6 Å². The number of ether oxygens (including phenoxy) is 1. The number of hydrogen-bond donors (Lipinski definition) is 2. The summed E-state index contributed by atoms with van der Waals surface area (Å²) in [4.78, 5) is 38.2. The van der Waals surface area contributed by atoms with Gasteiger partial charge >= 0.3 is 0 Å². The van der Waals surface area contributed by atoms with E-state index in [1.54, 1.807) is 26.1 Å². The first-order valence-electron chi connectivity index (χ1n) is 10.3. The van der Waals surface area contributed by atoms with Gasteiger partial charge in [-0.15, -0.1) is 0 Å². The quantitative estimate of drug-likeness (QED) is 0.536. The van der Waals surface area contributed by atoms with Crippen molar-refractivity contribution in [2.45, 2.75) is 26.0 Å². The summed E-state index contributed by atoms with van der Waals surface area (Å²) in [6, 6.07) is 7.42. The van der Waals surface area contributed by atoms with Crippen LogP contribution in [0.15, 0.2) is 35.5 Å². The molecule has 3 N–H and O–H groups in total. The van der Waals surface area contributed by atoms with Crippen molar-refractivity contribution >= 4 is 17.5 Å². The van der Waals surface area contributed by atoms with Crippen LogP contribution in [0.25, 0.3) is 0 Å². The van der Waals surface area contributed by atoms with Gasteiger partial charge in [-0.25, -0.2) is 14.4 Å². The molecule has 1 atom stereocenters. The Bertz CT molecular complexity index is 1300. The fourth-order valence-corrected chi connectivity index (χ4v) is 3.51. The molecule has 11 nitrogen and oxygen atoms in total. The molecular weight excluding hydrogens is 445 g/mol. The summed E-state index contributed by atoms with van der Waals surface area (Å²) in [5.74, 6) is -1.07. The van der Waals surface area contributed by atoms with Crippen LogP contribution in [0.1, 0.15) is 56.3 Å². The lowest BCUT2D eigenvalue weighted by Gasteiger charge is -2.09. The number of rotatable bonds is 7. The zero-order valence-corrected chi connectivity index (χ0v) is 18.7. The summed E-state index contributed by atoms with van der Waals surface area (Å²) in [5, 5.41) is 10.9. The Labute approximate surface area is 193 Å². The number of nitrogens with two attached hydrogens (primary N) is 1. The van der Waals surface area contributed by atoms with Crippen LogP contribution < -0.4 is 15.8 Å². The number of oxime groups is 1. The predicted molar refractivity (Wildman–Crippen MR) is 118 cm³/mol. The molecule has 12 heteroatoms. The van der Waals surface area contributed by atoms with Crippen molar-refractivity contribution in [2.24, 2.45) is 17.9 Å². The van der Waals surface area contributed by atoms with Crippen LogP contribution in [0.3, 0.4) is 0 Å². The Morgan fingerprint density at radius 1 is 1.26 bits per heavy atom. The lowest BCUT2D eigenvalue weighted by atomic mass is 10.1. The number of hydrogen-bond acceptors (Lipinski definition) is 8. The molecule has 2 aromatic heterocycles. The molecular formula is C22H22FN7O4. The van der Waals surface area contributed by atoms with Crippen molar-refractivity contribution in [3.05, 3.63) is 70.3 Å². The lowest BCUT2D eigenvalue weighted by molar-refractivity contribution is 0.0796. The summed E-state index contributed by atoms with van der Waals surface area (Å²) < 4.78 is 20.1. The standard InChI is InChI=1S/C22H22FN7O4/c1-11-26-14(15-9-20(34-29-15)18-8-16(21(24)31)28-30(18)2)7-17(27-11)22(32)25-10-12-4-5-13(23)19(6-12)33-3/h4-8,20H,9-10H2,1-3H3,(H2,24,31)(H,25,32). The van der Waals surface area contributed by atoms with Gasteiger partial charge in [-0.3, -0.25) is 14.3 Å². The molecule has 0 saturated heterocycles. The number of nitrogens with one attached hydrogen (secondary N) is 1. The minimum Gasteiger partial charge on any atom is -0.494 e. The van der Waals surface area contributed by atoms with Crippen molar-refractivity contribution in [1.29, 1.82) is 0 Å². The topological polar surface area (TPSA) is 147 Å². The second kappa shape index (κ2) is 9.25. The second-order valence-electron chi connectivity index (χ2n) is 7.62. The zero-order valence-electron chi connectivity index (χ0n) is 18.7. The Kier molecular flexibility index (Phi) is 6.21. The summed E-state index contributed by atoms with van der Waals surface area (Å²) in [6.45, 7) is 1.82. The van der Waals surface area contributed by atoms with Crippen molar-refractivity contribution < 1.29 is 23.6 Å². The van der Waals surface area contributed by atoms with E-state index in [1.165, 1.54) is 30.0 Å². The van der Waals surface area contributed by atoms with Gasteiger partial charge in [0.1, 0.15) is 22.9 Å². The van der Waals surface area contributed by atoms with E-state index in [1.807, 2.05) is 0 Å². The van der Waals surface area contributed by atoms with Gasteiger partial charge in [0.25, 0.3) is 11.8 Å². The maximum absolute atomic E-state index is 13.6. The molecule has 34 heavy (non-hydrogen) atoms. The van der Waals surface area contributed by atoms with Crippen LogP contribution in [0, 0.1) is 12.7 Å². The molecule has 0 bridgehead atoms. The number of benzene rings is 1. The molecule has 3 heterocycles. The summed E-state index contributed by atoms with van der Waals surface area (Å²) in [6.07, 6.45) is -0.133. The molecule has 0 fully saturated rings. The van der Waals surface area contributed by atoms with Crippen molar-refractivity contribution in [2.75, 3.05) is 7.11 Å². The van der Waals surface area contributed by atoms with Gasteiger partial charge in [-0.05, 0) is 36.8 Å². The Balaban J connectivity index is 1.47. The molecule has 4 rings (SSSR count). The molecule has 1 unspecified atom stereocenters. The highest BCUT2D eigenvalue weighted by atomic mass is 19.1. The molecule has 2 amide bonds. The molecule has 176 valence electrons. The Morgan fingerprint density at radius 3 is 2.76 bits per heavy atom. The largest absolute Gasteiger partial charge is 0.494 e. The molecule has 1 aliphatic heterocycles. The van der Waals surface area contributed by atoms with E-state index in [2.05, 4.69) is 25.5 Å². The highest BCUT2D eigenvalue weighted by Crippen LogP contribution is 2.29. The third kappa shape index (κ3) is 4.70. The monoisotopic (exact) mass is 467 g/mol. The normalized spacial score (nSPS) is 14.9. The van der Waals surface area contributed by atoms with Gasteiger partial charge in [-0.1, -0.05) is 11.2 Å². The van der Waals surface area contributed by atoms with Crippen LogP contribution in [0.4, 0.5) is 4.39 Å². The first-order valence-corrected chi connectivity index (χ1v) is 10.3. The van der Waals surface area contributed by atoms with Crippen LogP contribution in [-0.4, -0.2) is 44.4 Å².